The van der Waals surface area contributed by atoms with Gasteiger partial charge in [0.25, 0.3) is 0 Å². The summed E-state index contributed by atoms with van der Waals surface area (Å²) in [4.78, 5) is 9.58. The summed E-state index contributed by atoms with van der Waals surface area (Å²) in [6, 6.07) is 11.4. The van der Waals surface area contributed by atoms with Crippen molar-refractivity contribution in [1.29, 1.82) is 0 Å². The van der Waals surface area contributed by atoms with Crippen LogP contribution < -0.4 is 4.89 Å². The molecule has 0 spiro atoms. The molecule has 0 N–H and O–H groups in total. The van der Waals surface area contributed by atoms with Gasteiger partial charge in [-0.25, -0.2) is 8.96 Å². The van der Waals surface area contributed by atoms with E-state index < -0.39 is 0 Å². The molecule has 0 bridgehead atoms. The first kappa shape index (κ1) is 14.2. The van der Waals surface area contributed by atoms with Crippen molar-refractivity contribution in [3.8, 4) is 5.75 Å². The van der Waals surface area contributed by atoms with Crippen LogP contribution >= 0.6 is 50.7 Å². The Morgan fingerprint density at radius 3 is 2.85 bits per heavy atom. The first-order chi connectivity index (χ1) is 9.74. The maximum Gasteiger partial charge on any atom is 0.170 e. The van der Waals surface area contributed by atoms with Gasteiger partial charge < -0.3 is 4.89 Å². The molecule has 0 saturated heterocycles. The van der Waals surface area contributed by atoms with Gasteiger partial charge in [-0.1, -0.05) is 22.5 Å². The summed E-state index contributed by atoms with van der Waals surface area (Å²) in [5.41, 5.74) is 0.833. The standard InChI is InChI=1S/C13H8BrIN2O2S/c14-9-6-11-12(15)8-17(13(11)16-7-9)20-19-18-10-4-2-1-3-5-10/h1-8H. The van der Waals surface area contributed by atoms with Crippen molar-refractivity contribution >= 4 is 61.8 Å². The third kappa shape index (κ3) is 3.11. The quantitative estimate of drug-likeness (QED) is 0.241. The summed E-state index contributed by atoms with van der Waals surface area (Å²) < 4.78 is 9.06. The molecule has 0 aliphatic rings. The van der Waals surface area contributed by atoms with Gasteiger partial charge in [0.05, 0.1) is 0 Å². The number of para-hydroxylation sites is 1. The normalized spacial score (nSPS) is 10.9. The smallest absolute Gasteiger partial charge is 0.170 e. The molecule has 1 aromatic carbocycles. The van der Waals surface area contributed by atoms with Gasteiger partial charge in [-0.05, 0) is 56.7 Å². The SMILES string of the molecule is Brc1cnc2c(c1)c(I)cn2SOOc1ccccc1. The largest absolute Gasteiger partial charge is 0.324 e. The lowest BCUT2D eigenvalue weighted by atomic mass is 10.3. The van der Waals surface area contributed by atoms with Gasteiger partial charge in [-0.3, -0.25) is 0 Å². The van der Waals surface area contributed by atoms with E-state index in [1.54, 1.807) is 6.20 Å². The molecule has 4 nitrogen and oxygen atoms in total. The molecule has 0 amide bonds. The summed E-state index contributed by atoms with van der Waals surface area (Å²) in [7, 11) is 0. The number of halogens is 2. The van der Waals surface area contributed by atoms with Crippen LogP contribution in [0.1, 0.15) is 0 Å². The van der Waals surface area contributed by atoms with Crippen LogP contribution in [0, 0.1) is 3.57 Å². The van der Waals surface area contributed by atoms with Crippen molar-refractivity contribution in [2.45, 2.75) is 0 Å². The number of hydrogen-bond acceptors (Lipinski definition) is 4. The summed E-state index contributed by atoms with van der Waals surface area (Å²) in [6.45, 7) is 0. The Kier molecular flexibility index (Phi) is 4.49. The molecule has 0 fully saturated rings. The molecule has 0 radical (unpaired) electrons. The fraction of sp³-hybridized carbons (Fsp3) is 0. The molecule has 20 heavy (non-hydrogen) atoms. The van der Waals surface area contributed by atoms with E-state index in [0.29, 0.717) is 5.75 Å². The topological polar surface area (TPSA) is 36.3 Å². The number of aromatic nitrogens is 2. The van der Waals surface area contributed by atoms with Crippen LogP contribution in [0.2, 0.25) is 0 Å². The average molecular weight is 463 g/mol. The third-order valence-corrected chi connectivity index (χ3v) is 4.38. The number of nitrogens with zero attached hydrogens (tertiary/aromatic N) is 2. The highest BCUT2D eigenvalue weighted by Gasteiger charge is 2.10. The van der Waals surface area contributed by atoms with Crippen molar-refractivity contribution < 1.29 is 9.22 Å². The van der Waals surface area contributed by atoms with Gasteiger partial charge >= 0.3 is 0 Å². The molecule has 2 aromatic heterocycles. The van der Waals surface area contributed by atoms with Crippen molar-refractivity contribution in [1.82, 2.24) is 8.96 Å². The zero-order valence-electron chi connectivity index (χ0n) is 9.99. The second kappa shape index (κ2) is 6.33. The molecule has 3 aromatic rings. The number of fused-ring (bicyclic) bond motifs is 1. The van der Waals surface area contributed by atoms with Crippen LogP contribution in [-0.2, 0) is 4.33 Å². The molecular formula is C13H8BrIN2O2S. The Balaban J connectivity index is 1.75. The maximum absolute atomic E-state index is 5.19. The number of rotatable bonds is 4. The zero-order chi connectivity index (χ0) is 13.9. The summed E-state index contributed by atoms with van der Waals surface area (Å²) in [6.07, 6.45) is 3.71. The van der Waals surface area contributed by atoms with Crippen molar-refractivity contribution in [3.05, 3.63) is 56.8 Å². The summed E-state index contributed by atoms with van der Waals surface area (Å²) >= 11 is 6.77. The van der Waals surface area contributed by atoms with E-state index in [1.165, 1.54) is 0 Å². The van der Waals surface area contributed by atoms with Gasteiger partial charge in [-0.15, -0.1) is 0 Å². The molecule has 0 aliphatic carbocycles. The number of hydrogen-bond donors (Lipinski definition) is 0. The van der Waals surface area contributed by atoms with E-state index in [2.05, 4.69) is 43.5 Å². The molecule has 0 unspecified atom stereocenters. The minimum Gasteiger partial charge on any atom is -0.324 e. The highest BCUT2D eigenvalue weighted by Crippen LogP contribution is 2.28. The Bertz CT molecular complexity index is 736. The van der Waals surface area contributed by atoms with E-state index in [-0.39, 0.29) is 0 Å². The Morgan fingerprint density at radius 2 is 2.05 bits per heavy atom. The van der Waals surface area contributed by atoms with E-state index in [0.717, 1.165) is 31.3 Å². The highest BCUT2D eigenvalue weighted by molar-refractivity contribution is 14.1. The predicted octanol–water partition coefficient (Wildman–Crippen LogP) is 4.83. The molecule has 0 aliphatic heterocycles. The Labute approximate surface area is 142 Å². The number of pyridine rings is 1. The Morgan fingerprint density at radius 1 is 1.25 bits per heavy atom. The zero-order valence-corrected chi connectivity index (χ0v) is 14.6. The van der Waals surface area contributed by atoms with Crippen molar-refractivity contribution in [2.24, 2.45) is 0 Å². The molecule has 7 heteroatoms. The van der Waals surface area contributed by atoms with Gasteiger partial charge in [0.15, 0.2) is 23.6 Å². The molecular weight excluding hydrogens is 455 g/mol. The van der Waals surface area contributed by atoms with Crippen LogP contribution in [-0.4, -0.2) is 8.96 Å². The first-order valence-electron chi connectivity index (χ1n) is 5.63. The van der Waals surface area contributed by atoms with Gasteiger partial charge in [0.2, 0.25) is 0 Å². The second-order valence-electron chi connectivity index (χ2n) is 3.87. The molecule has 102 valence electrons. The predicted molar refractivity (Wildman–Crippen MR) is 91.3 cm³/mol. The van der Waals surface area contributed by atoms with Crippen molar-refractivity contribution in [3.63, 3.8) is 0 Å². The van der Waals surface area contributed by atoms with E-state index in [9.17, 15) is 0 Å². The fourth-order valence-corrected chi connectivity index (χ4v) is 3.37. The lowest BCUT2D eigenvalue weighted by Crippen LogP contribution is -1.94. The summed E-state index contributed by atoms with van der Waals surface area (Å²) in [5, 5.41) is 1.07. The Hall–Kier alpha value is -0.770. The third-order valence-electron chi connectivity index (χ3n) is 2.51. The minimum absolute atomic E-state index is 0.655. The summed E-state index contributed by atoms with van der Waals surface area (Å²) in [5.74, 6) is 0.655. The van der Waals surface area contributed by atoms with Crippen LogP contribution in [0.15, 0.2) is 53.3 Å². The molecule has 0 saturated carbocycles. The van der Waals surface area contributed by atoms with Crippen LogP contribution in [0.3, 0.4) is 0 Å². The molecule has 2 heterocycles. The lowest BCUT2D eigenvalue weighted by molar-refractivity contribution is -0.0785. The van der Waals surface area contributed by atoms with E-state index in [4.69, 9.17) is 9.22 Å². The van der Waals surface area contributed by atoms with E-state index in [1.807, 2.05) is 46.6 Å². The maximum atomic E-state index is 5.19. The van der Waals surface area contributed by atoms with Crippen LogP contribution in [0.5, 0.6) is 5.75 Å². The number of benzene rings is 1. The van der Waals surface area contributed by atoms with Crippen LogP contribution in [0.25, 0.3) is 11.0 Å². The second-order valence-corrected chi connectivity index (χ2v) is 6.62. The fourth-order valence-electron chi connectivity index (χ4n) is 1.64. The highest BCUT2D eigenvalue weighted by atomic mass is 127. The monoisotopic (exact) mass is 462 g/mol. The van der Waals surface area contributed by atoms with Gasteiger partial charge in [-0.2, -0.15) is 0 Å². The first-order valence-corrected chi connectivity index (χ1v) is 8.20. The lowest BCUT2D eigenvalue weighted by Gasteiger charge is -2.03. The van der Waals surface area contributed by atoms with E-state index >= 15 is 0 Å². The van der Waals surface area contributed by atoms with Crippen molar-refractivity contribution in [2.75, 3.05) is 0 Å². The van der Waals surface area contributed by atoms with Gasteiger partial charge in [0, 0.05) is 25.8 Å². The van der Waals surface area contributed by atoms with Gasteiger partial charge in [0.1, 0.15) is 0 Å². The molecule has 3 rings (SSSR count). The average Bonchev–Trinajstić information content (AvgIpc) is 2.76. The molecule has 0 atom stereocenters. The minimum atomic E-state index is 0.655. The van der Waals surface area contributed by atoms with Crippen LogP contribution in [0.4, 0.5) is 0 Å².